The molecule has 4 aromatic rings. The molecule has 0 aliphatic carbocycles. The van der Waals surface area contributed by atoms with Crippen LogP contribution >= 0.6 is 0 Å². The van der Waals surface area contributed by atoms with Crippen molar-refractivity contribution in [3.8, 4) is 0 Å². The Labute approximate surface area is 380 Å². The fourth-order valence-corrected chi connectivity index (χ4v) is 12.6. The molecule has 0 N–H and O–H groups in total. The molecule has 0 radical (unpaired) electrons. The van der Waals surface area contributed by atoms with E-state index in [1.807, 2.05) is 0 Å². The van der Waals surface area contributed by atoms with Crippen LogP contribution in [-0.4, -0.2) is 96.5 Å². The second-order valence-corrected chi connectivity index (χ2v) is 21.0. The van der Waals surface area contributed by atoms with Crippen molar-refractivity contribution in [3.05, 3.63) is 144 Å². The molecule has 0 spiro atoms. The first kappa shape index (κ1) is 46.7. The van der Waals surface area contributed by atoms with Crippen LogP contribution in [0.3, 0.4) is 0 Å². The second kappa shape index (κ2) is 24.7. The molecule has 0 saturated carbocycles. The van der Waals surface area contributed by atoms with Gasteiger partial charge in [0.1, 0.15) is 26.2 Å². The summed E-state index contributed by atoms with van der Waals surface area (Å²) in [5, 5.41) is 0. The molecule has 0 amide bonds. The predicted molar refractivity (Wildman–Crippen MR) is 263 cm³/mol. The van der Waals surface area contributed by atoms with Gasteiger partial charge in [-0.15, -0.1) is 0 Å². The highest BCUT2D eigenvalue weighted by Gasteiger charge is 2.34. The molecule has 3 heterocycles. The lowest BCUT2D eigenvalue weighted by molar-refractivity contribution is -0.947. The number of nitrogens with zero attached hydrogens (tertiary/aromatic N) is 4. The van der Waals surface area contributed by atoms with Crippen molar-refractivity contribution in [2.24, 2.45) is 0 Å². The van der Waals surface area contributed by atoms with Crippen molar-refractivity contribution in [2.45, 2.75) is 142 Å². The monoisotopic (exact) mass is 841 g/mol. The molecule has 2 atom stereocenters. The number of rotatable bonds is 8. The van der Waals surface area contributed by atoms with E-state index in [9.17, 15) is 0 Å². The zero-order valence-corrected chi connectivity index (χ0v) is 39.4. The normalized spacial score (nSPS) is 28.5. The van der Waals surface area contributed by atoms with Crippen LogP contribution in [0.1, 0.15) is 138 Å². The maximum atomic E-state index is 2.44. The van der Waals surface area contributed by atoms with Gasteiger partial charge in [-0.25, -0.2) is 0 Å². The molecule has 0 aromatic heterocycles. The topological polar surface area (TPSA) is 0 Å². The fraction of sp³-hybridized carbons (Fsp3) is 0.586. The highest BCUT2D eigenvalue weighted by Crippen LogP contribution is 2.29. The lowest BCUT2D eigenvalue weighted by Gasteiger charge is -2.42. The SMILES string of the molecule is c1ccc(C[N+]23CCCCCC[N+]4(Cc5ccccc5)CCCCC[N+](Cc5ccccc5)(CCCCC[N+](Cc5ccccc5)(CCCCCC2)CCCC4)CCCC3)cc1. The maximum absolute atomic E-state index is 2.44. The van der Waals surface area contributed by atoms with E-state index in [1.54, 1.807) is 22.3 Å². The Balaban J connectivity index is 1.28. The lowest BCUT2D eigenvalue weighted by atomic mass is 10.0. The van der Waals surface area contributed by atoms with Gasteiger partial charge in [0.05, 0.1) is 78.5 Å². The van der Waals surface area contributed by atoms with Crippen molar-refractivity contribution in [3.63, 3.8) is 0 Å². The Kier molecular flexibility index (Phi) is 18.6. The Morgan fingerprint density at radius 3 is 0.516 bits per heavy atom. The summed E-state index contributed by atoms with van der Waals surface area (Å²) in [6.45, 7) is 20.9. The first-order valence-corrected chi connectivity index (χ1v) is 26.1. The molecule has 4 nitrogen and oxygen atoms in total. The van der Waals surface area contributed by atoms with Gasteiger partial charge in [0, 0.05) is 47.9 Å². The highest BCUT2D eigenvalue weighted by molar-refractivity contribution is 5.16. The van der Waals surface area contributed by atoms with Crippen LogP contribution in [0.2, 0.25) is 0 Å². The third kappa shape index (κ3) is 14.9. The fourth-order valence-electron chi connectivity index (χ4n) is 12.6. The number of hydrogen-bond acceptors (Lipinski definition) is 0. The standard InChI is InChI=1S/C58H88N4/c1-3-21-41-60(52-56-33-13-6-14-34-56)43-23-9-25-45-62(54-58-37-17-8-18-38-58)46-26-10-24-44-61(49-29-28-48-60,53-57-35-15-7-16-36-57)42-22-4-2-20-40-59(39-19-1,47-27-30-50-62)51-55-31-11-5-12-32-55/h5-8,11-18,31-38H,1-4,9-10,19-30,39-54H2/q+4. The minimum Gasteiger partial charge on any atom is -0.320 e. The molecular formula is C58H88N4+4. The van der Waals surface area contributed by atoms with E-state index in [-0.39, 0.29) is 0 Å². The first-order valence-electron chi connectivity index (χ1n) is 26.1. The molecule has 4 bridgehead atoms. The van der Waals surface area contributed by atoms with Gasteiger partial charge < -0.3 is 17.9 Å². The Bertz CT molecular complexity index is 1700. The molecule has 2 unspecified atom stereocenters. The van der Waals surface area contributed by atoms with Gasteiger partial charge in [-0.3, -0.25) is 0 Å². The van der Waals surface area contributed by atoms with Crippen LogP contribution in [0.15, 0.2) is 121 Å². The van der Waals surface area contributed by atoms with E-state index in [2.05, 4.69) is 121 Å². The van der Waals surface area contributed by atoms with Gasteiger partial charge in [-0.1, -0.05) is 121 Å². The molecule has 7 rings (SSSR count). The molecule has 62 heavy (non-hydrogen) atoms. The maximum Gasteiger partial charge on any atom is 0.104 e. The van der Waals surface area contributed by atoms with Crippen molar-refractivity contribution < 1.29 is 17.9 Å². The van der Waals surface area contributed by atoms with E-state index in [1.165, 1.54) is 238 Å². The summed E-state index contributed by atoms with van der Waals surface area (Å²) in [7, 11) is 0. The number of fused-ring (bicyclic) bond motifs is 14. The molecule has 4 aromatic carbocycles. The van der Waals surface area contributed by atoms with Gasteiger partial charge in [0.2, 0.25) is 0 Å². The molecule has 3 saturated heterocycles. The summed E-state index contributed by atoms with van der Waals surface area (Å²) in [6, 6.07) is 46.7. The highest BCUT2D eigenvalue weighted by atomic mass is 15.4. The molecule has 4 heteroatoms. The van der Waals surface area contributed by atoms with Crippen molar-refractivity contribution in [1.82, 2.24) is 0 Å². The Morgan fingerprint density at radius 1 is 0.194 bits per heavy atom. The van der Waals surface area contributed by atoms with Crippen molar-refractivity contribution in [1.29, 1.82) is 0 Å². The van der Waals surface area contributed by atoms with Gasteiger partial charge in [-0.05, 0) is 89.9 Å². The van der Waals surface area contributed by atoms with Crippen LogP contribution in [-0.2, 0) is 26.2 Å². The van der Waals surface area contributed by atoms with Crippen LogP contribution in [0.25, 0.3) is 0 Å². The van der Waals surface area contributed by atoms with Crippen LogP contribution in [0.4, 0.5) is 0 Å². The minimum absolute atomic E-state index is 1.20. The van der Waals surface area contributed by atoms with Gasteiger partial charge in [0.25, 0.3) is 0 Å². The molecule has 3 aliphatic heterocycles. The predicted octanol–water partition coefficient (Wildman–Crippen LogP) is 13.1. The molecule has 336 valence electrons. The number of quaternary nitrogens is 4. The number of benzene rings is 4. The lowest BCUT2D eigenvalue weighted by Crippen LogP contribution is -2.51. The summed E-state index contributed by atoms with van der Waals surface area (Å²) in [4.78, 5) is 0. The quantitative estimate of drug-likeness (QED) is 0.155. The minimum atomic E-state index is 1.20. The third-order valence-corrected chi connectivity index (χ3v) is 16.0. The zero-order chi connectivity index (χ0) is 42.5. The summed E-state index contributed by atoms with van der Waals surface area (Å²) in [5.74, 6) is 0. The molecular weight excluding hydrogens is 753 g/mol. The molecule has 3 aliphatic rings. The summed E-state index contributed by atoms with van der Waals surface area (Å²) < 4.78 is 5.17. The largest absolute Gasteiger partial charge is 0.320 e. The molecule has 3 fully saturated rings. The van der Waals surface area contributed by atoms with E-state index in [0.717, 1.165) is 0 Å². The average Bonchev–Trinajstić information content (AvgIpc) is 3.29. The van der Waals surface area contributed by atoms with Crippen molar-refractivity contribution in [2.75, 3.05) is 78.5 Å². The number of hydrogen-bond donors (Lipinski definition) is 0. The summed E-state index contributed by atoms with van der Waals surface area (Å²) in [5.41, 5.74) is 6.20. The van der Waals surface area contributed by atoms with E-state index >= 15 is 0 Å². The zero-order valence-electron chi connectivity index (χ0n) is 39.4. The van der Waals surface area contributed by atoms with Crippen LogP contribution < -0.4 is 0 Å². The average molecular weight is 841 g/mol. The van der Waals surface area contributed by atoms with Gasteiger partial charge in [0.15, 0.2) is 0 Å². The first-order chi connectivity index (χ1) is 30.6. The van der Waals surface area contributed by atoms with Crippen LogP contribution in [0, 0.1) is 0 Å². The van der Waals surface area contributed by atoms with E-state index in [0.29, 0.717) is 0 Å². The van der Waals surface area contributed by atoms with Gasteiger partial charge >= 0.3 is 0 Å². The van der Waals surface area contributed by atoms with Gasteiger partial charge in [-0.2, -0.15) is 0 Å². The smallest absolute Gasteiger partial charge is 0.104 e. The third-order valence-electron chi connectivity index (χ3n) is 16.0. The second-order valence-electron chi connectivity index (χ2n) is 21.0. The summed E-state index contributed by atoms with van der Waals surface area (Å²) in [6.07, 6.45) is 24.7. The van der Waals surface area contributed by atoms with E-state index in [4.69, 9.17) is 0 Å². The van der Waals surface area contributed by atoms with E-state index < -0.39 is 0 Å². The Hall–Kier alpha value is -3.28. The van der Waals surface area contributed by atoms with Crippen molar-refractivity contribution >= 4 is 0 Å². The van der Waals surface area contributed by atoms with Crippen LogP contribution in [0.5, 0.6) is 0 Å². The Morgan fingerprint density at radius 2 is 0.339 bits per heavy atom. The summed E-state index contributed by atoms with van der Waals surface area (Å²) >= 11 is 0.